The summed E-state index contributed by atoms with van der Waals surface area (Å²) < 4.78 is 6.01. The van der Waals surface area contributed by atoms with Gasteiger partial charge in [0, 0.05) is 22.8 Å². The third-order valence-electron chi connectivity index (χ3n) is 5.97. The van der Waals surface area contributed by atoms with Crippen LogP contribution in [0.4, 0.5) is 0 Å². The summed E-state index contributed by atoms with van der Waals surface area (Å²) in [6, 6.07) is 21.9. The fraction of sp³-hybridized carbons (Fsp3) is 0.185. The molecule has 0 fully saturated rings. The summed E-state index contributed by atoms with van der Waals surface area (Å²) >= 11 is 0. The van der Waals surface area contributed by atoms with Crippen molar-refractivity contribution < 1.29 is 4.42 Å². The Morgan fingerprint density at radius 2 is 1.61 bits per heavy atom. The summed E-state index contributed by atoms with van der Waals surface area (Å²) in [5.41, 5.74) is 9.66. The molecule has 0 aliphatic heterocycles. The average Bonchev–Trinajstić information content (AvgIpc) is 3.36. The van der Waals surface area contributed by atoms with Crippen LogP contribution in [-0.4, -0.2) is 0 Å². The predicted octanol–water partition coefficient (Wildman–Crippen LogP) is 7.32. The van der Waals surface area contributed by atoms with Crippen molar-refractivity contribution in [2.75, 3.05) is 0 Å². The van der Waals surface area contributed by atoms with Gasteiger partial charge in [0.2, 0.25) is 0 Å². The van der Waals surface area contributed by atoms with Crippen LogP contribution in [0, 0.1) is 0 Å². The van der Waals surface area contributed by atoms with E-state index in [4.69, 9.17) is 4.42 Å². The Hall–Kier alpha value is -3.06. The minimum Gasteiger partial charge on any atom is -0.463 e. The Morgan fingerprint density at radius 3 is 2.46 bits per heavy atom. The van der Waals surface area contributed by atoms with Crippen LogP contribution in [-0.2, 0) is 19.3 Å². The molecule has 0 N–H and O–H groups in total. The van der Waals surface area contributed by atoms with E-state index in [1.807, 2.05) is 6.26 Å². The third kappa shape index (κ3) is 2.62. The Bertz CT molecular complexity index is 1210. The summed E-state index contributed by atoms with van der Waals surface area (Å²) in [7, 11) is 0. The molecule has 0 amide bonds. The molecule has 5 rings (SSSR count). The van der Waals surface area contributed by atoms with Crippen molar-refractivity contribution in [1.82, 2.24) is 0 Å². The summed E-state index contributed by atoms with van der Waals surface area (Å²) in [5.74, 6) is 1.01. The molecule has 1 heterocycles. The molecule has 138 valence electrons. The van der Waals surface area contributed by atoms with Crippen molar-refractivity contribution in [3.05, 3.63) is 94.9 Å². The summed E-state index contributed by atoms with van der Waals surface area (Å²) in [6.07, 6.45) is 7.24. The molecule has 1 heteroatoms. The van der Waals surface area contributed by atoms with E-state index in [1.165, 1.54) is 49.7 Å². The molecule has 0 saturated carbocycles. The fourth-order valence-electron chi connectivity index (χ4n) is 4.53. The van der Waals surface area contributed by atoms with Crippen LogP contribution in [0.25, 0.3) is 33.5 Å². The largest absolute Gasteiger partial charge is 0.463 e. The molecular weight excluding hydrogens is 340 g/mol. The van der Waals surface area contributed by atoms with Crippen molar-refractivity contribution in [1.29, 1.82) is 0 Å². The van der Waals surface area contributed by atoms with E-state index in [-0.39, 0.29) is 0 Å². The molecule has 0 atom stereocenters. The molecule has 1 aliphatic carbocycles. The van der Waals surface area contributed by atoms with Gasteiger partial charge in [0.05, 0.1) is 6.26 Å². The Labute approximate surface area is 166 Å². The van der Waals surface area contributed by atoms with Crippen molar-refractivity contribution in [3.8, 4) is 11.1 Å². The molecule has 1 nitrogen and oxygen atoms in total. The number of aryl methyl sites for hydroxylation is 2. The van der Waals surface area contributed by atoms with Crippen molar-refractivity contribution in [2.24, 2.45) is 0 Å². The van der Waals surface area contributed by atoms with Gasteiger partial charge >= 0.3 is 0 Å². The number of furan rings is 1. The van der Waals surface area contributed by atoms with Gasteiger partial charge in [0.15, 0.2) is 0 Å². The highest BCUT2D eigenvalue weighted by Gasteiger charge is 2.23. The van der Waals surface area contributed by atoms with Crippen LogP contribution < -0.4 is 0 Å². The maximum Gasteiger partial charge on any atom is 0.138 e. The van der Waals surface area contributed by atoms with Crippen LogP contribution in [0.3, 0.4) is 0 Å². The maximum atomic E-state index is 6.01. The first-order chi connectivity index (χ1) is 13.8. The highest BCUT2D eigenvalue weighted by atomic mass is 16.3. The van der Waals surface area contributed by atoms with E-state index in [0.717, 1.165) is 25.0 Å². The molecule has 0 bridgehead atoms. The molecule has 0 radical (unpaired) electrons. The first kappa shape index (κ1) is 17.1. The zero-order valence-corrected chi connectivity index (χ0v) is 16.5. The van der Waals surface area contributed by atoms with E-state index in [9.17, 15) is 0 Å². The quantitative estimate of drug-likeness (QED) is 0.370. The summed E-state index contributed by atoms with van der Waals surface area (Å²) in [5, 5.41) is 2.37. The Kier molecular flexibility index (Phi) is 4.16. The molecule has 4 aromatic rings. The molecule has 1 aliphatic rings. The van der Waals surface area contributed by atoms with Gasteiger partial charge in [0.1, 0.15) is 5.76 Å². The second kappa shape index (κ2) is 6.83. The predicted molar refractivity (Wildman–Crippen MR) is 118 cm³/mol. The summed E-state index contributed by atoms with van der Waals surface area (Å²) in [4.78, 5) is 0. The average molecular weight is 364 g/mol. The molecule has 28 heavy (non-hydrogen) atoms. The lowest BCUT2D eigenvalue weighted by atomic mass is 9.88. The van der Waals surface area contributed by atoms with E-state index in [2.05, 4.69) is 80.6 Å². The first-order valence-corrected chi connectivity index (χ1v) is 10.2. The fourth-order valence-corrected chi connectivity index (χ4v) is 4.53. The van der Waals surface area contributed by atoms with Crippen LogP contribution in [0.2, 0.25) is 0 Å². The number of hydrogen-bond acceptors (Lipinski definition) is 1. The van der Waals surface area contributed by atoms with E-state index in [1.54, 1.807) is 0 Å². The highest BCUT2D eigenvalue weighted by Crippen LogP contribution is 2.42. The van der Waals surface area contributed by atoms with Crippen LogP contribution in [0.1, 0.15) is 41.9 Å². The van der Waals surface area contributed by atoms with Gasteiger partial charge in [0.25, 0.3) is 0 Å². The molecule has 0 spiro atoms. The van der Waals surface area contributed by atoms with Gasteiger partial charge in [-0.3, -0.25) is 0 Å². The van der Waals surface area contributed by atoms with Crippen molar-refractivity contribution in [2.45, 2.75) is 33.1 Å². The van der Waals surface area contributed by atoms with Gasteiger partial charge in [-0.15, -0.1) is 0 Å². The number of rotatable bonds is 4. The van der Waals surface area contributed by atoms with Crippen LogP contribution in [0.5, 0.6) is 0 Å². The maximum absolute atomic E-state index is 6.01. The Morgan fingerprint density at radius 1 is 0.821 bits per heavy atom. The molecule has 1 aromatic heterocycles. The standard InChI is InChI=1S/C27H24O/c1-3-18-9-5-7-11-23(18)26-19(4-2)13-14-20-15-22(16-25(20)26)27-24-12-8-6-10-21(24)17-28-27/h5-14,16-17H,3-4,15H2,1-2H3. The third-order valence-corrected chi connectivity index (χ3v) is 5.97. The van der Waals surface area contributed by atoms with E-state index < -0.39 is 0 Å². The monoisotopic (exact) mass is 364 g/mol. The lowest BCUT2D eigenvalue weighted by Gasteiger charge is -2.16. The zero-order chi connectivity index (χ0) is 19.1. The smallest absolute Gasteiger partial charge is 0.138 e. The van der Waals surface area contributed by atoms with Gasteiger partial charge < -0.3 is 4.42 Å². The zero-order valence-electron chi connectivity index (χ0n) is 16.5. The van der Waals surface area contributed by atoms with Crippen molar-refractivity contribution >= 4 is 22.4 Å². The normalized spacial score (nSPS) is 13.0. The number of fused-ring (bicyclic) bond motifs is 2. The number of hydrogen-bond donors (Lipinski definition) is 0. The van der Waals surface area contributed by atoms with Gasteiger partial charge in [-0.05, 0) is 52.3 Å². The summed E-state index contributed by atoms with van der Waals surface area (Å²) in [6.45, 7) is 4.49. The van der Waals surface area contributed by atoms with Crippen LogP contribution >= 0.6 is 0 Å². The van der Waals surface area contributed by atoms with Crippen LogP contribution in [0.15, 0.2) is 71.3 Å². The molecule has 3 aromatic carbocycles. The Balaban J connectivity index is 1.71. The second-order valence-corrected chi connectivity index (χ2v) is 7.54. The lowest BCUT2D eigenvalue weighted by Crippen LogP contribution is -1.97. The molecule has 0 unspecified atom stereocenters. The lowest BCUT2D eigenvalue weighted by molar-refractivity contribution is 0.557. The van der Waals surface area contributed by atoms with Gasteiger partial charge in [-0.25, -0.2) is 0 Å². The SMILES string of the molecule is CCc1ccccc1-c1c(CC)ccc2c1C=C(c1occ3ccccc13)C2. The molecule has 0 saturated heterocycles. The second-order valence-electron chi connectivity index (χ2n) is 7.54. The molecular formula is C27H24O. The first-order valence-electron chi connectivity index (χ1n) is 10.2. The van der Waals surface area contributed by atoms with E-state index in [0.29, 0.717) is 0 Å². The topological polar surface area (TPSA) is 13.1 Å². The minimum absolute atomic E-state index is 0.929. The van der Waals surface area contributed by atoms with Crippen molar-refractivity contribution in [3.63, 3.8) is 0 Å². The van der Waals surface area contributed by atoms with Gasteiger partial charge in [-0.1, -0.05) is 74.5 Å². The highest BCUT2D eigenvalue weighted by molar-refractivity contribution is 6.01. The number of benzene rings is 3. The van der Waals surface area contributed by atoms with E-state index >= 15 is 0 Å². The number of allylic oxidation sites excluding steroid dienone is 1. The van der Waals surface area contributed by atoms with Gasteiger partial charge in [-0.2, -0.15) is 0 Å². The minimum atomic E-state index is 0.929.